The molecule has 1 aromatic carbocycles. The first-order chi connectivity index (χ1) is 8.21. The van der Waals surface area contributed by atoms with Crippen LogP contribution in [-0.4, -0.2) is 10.2 Å². The summed E-state index contributed by atoms with van der Waals surface area (Å²) in [5.41, 5.74) is 1.22. The second kappa shape index (κ2) is 2.51. The molecule has 1 heterocycles. The highest BCUT2D eigenvalue weighted by Crippen LogP contribution is 2.78. The Morgan fingerprint density at radius 2 is 2.24 bits per heavy atom. The Bertz CT molecular complexity index is 678. The molecule has 0 amide bonds. The van der Waals surface area contributed by atoms with Crippen molar-refractivity contribution in [1.29, 1.82) is 5.26 Å². The molecular weight excluding hydrogens is 217 g/mol. The Hall–Kier alpha value is -1.89. The zero-order chi connectivity index (χ0) is 11.7. The highest BCUT2D eigenvalue weighted by atomic mass is 19.1. The van der Waals surface area contributed by atoms with Gasteiger partial charge in [-0.25, -0.2) is 4.39 Å². The molecule has 2 saturated carbocycles. The van der Waals surface area contributed by atoms with E-state index in [1.807, 2.05) is 6.07 Å². The van der Waals surface area contributed by atoms with E-state index < -0.39 is 5.41 Å². The Morgan fingerprint density at radius 3 is 2.88 bits per heavy atom. The van der Waals surface area contributed by atoms with E-state index in [2.05, 4.69) is 16.3 Å². The molecule has 1 aromatic heterocycles. The maximum atomic E-state index is 13.9. The summed E-state index contributed by atoms with van der Waals surface area (Å²) in [6, 6.07) is 5.79. The van der Waals surface area contributed by atoms with Crippen LogP contribution in [0.2, 0.25) is 0 Å². The molecule has 4 heteroatoms. The van der Waals surface area contributed by atoms with Crippen LogP contribution in [0.25, 0.3) is 10.9 Å². The van der Waals surface area contributed by atoms with E-state index in [4.69, 9.17) is 0 Å². The maximum absolute atomic E-state index is 13.9. The molecule has 1 atom stereocenters. The molecule has 2 aliphatic carbocycles. The Balaban J connectivity index is 1.95. The summed E-state index contributed by atoms with van der Waals surface area (Å²) in [7, 11) is 0. The van der Waals surface area contributed by atoms with E-state index in [0.717, 1.165) is 24.8 Å². The summed E-state index contributed by atoms with van der Waals surface area (Å²) >= 11 is 0. The molecule has 84 valence electrons. The second-order valence-corrected chi connectivity index (χ2v) is 5.26. The average Bonchev–Trinajstić information content (AvgIpc) is 3.18. The van der Waals surface area contributed by atoms with Gasteiger partial charge in [0.15, 0.2) is 0 Å². The van der Waals surface area contributed by atoms with E-state index in [-0.39, 0.29) is 11.2 Å². The fourth-order valence-electron chi connectivity index (χ4n) is 3.10. The van der Waals surface area contributed by atoms with E-state index in [1.54, 1.807) is 0 Å². The summed E-state index contributed by atoms with van der Waals surface area (Å²) in [6.45, 7) is 0. The summed E-state index contributed by atoms with van der Waals surface area (Å²) in [5.74, 6) is -0.288. The van der Waals surface area contributed by atoms with Gasteiger partial charge in [-0.1, -0.05) is 0 Å². The number of nitriles is 1. The van der Waals surface area contributed by atoms with E-state index in [0.29, 0.717) is 10.9 Å². The summed E-state index contributed by atoms with van der Waals surface area (Å²) < 4.78 is 13.9. The van der Waals surface area contributed by atoms with Crippen molar-refractivity contribution >= 4 is 10.9 Å². The molecule has 0 bridgehead atoms. The van der Waals surface area contributed by atoms with Gasteiger partial charge < -0.3 is 0 Å². The Morgan fingerprint density at radius 1 is 1.41 bits per heavy atom. The minimum atomic E-state index is -0.437. The number of halogens is 1. The highest BCUT2D eigenvalue weighted by Gasteiger charge is 2.75. The molecule has 3 nitrogen and oxygen atoms in total. The summed E-state index contributed by atoms with van der Waals surface area (Å²) in [4.78, 5) is 0. The van der Waals surface area contributed by atoms with Crippen molar-refractivity contribution in [3.63, 3.8) is 0 Å². The lowest BCUT2D eigenvalue weighted by molar-refractivity contribution is 0.632. The molecule has 1 unspecified atom stereocenters. The number of aromatic amines is 1. The van der Waals surface area contributed by atoms with Crippen LogP contribution in [0.15, 0.2) is 18.3 Å². The number of aromatic nitrogens is 2. The van der Waals surface area contributed by atoms with Gasteiger partial charge in [0.25, 0.3) is 0 Å². The van der Waals surface area contributed by atoms with Crippen LogP contribution in [0.3, 0.4) is 0 Å². The van der Waals surface area contributed by atoms with Gasteiger partial charge in [0.05, 0.1) is 28.6 Å². The monoisotopic (exact) mass is 227 g/mol. The largest absolute Gasteiger partial charge is 0.278 e. The van der Waals surface area contributed by atoms with Crippen molar-refractivity contribution in [3.8, 4) is 6.07 Å². The average molecular weight is 227 g/mol. The zero-order valence-corrected chi connectivity index (χ0v) is 9.13. The molecular formula is C13H10FN3. The topological polar surface area (TPSA) is 52.5 Å². The number of nitrogens with zero attached hydrogens (tertiary/aromatic N) is 2. The van der Waals surface area contributed by atoms with Gasteiger partial charge in [0.2, 0.25) is 0 Å². The van der Waals surface area contributed by atoms with Crippen molar-refractivity contribution in [2.24, 2.45) is 5.41 Å². The van der Waals surface area contributed by atoms with Crippen LogP contribution in [0.4, 0.5) is 4.39 Å². The van der Waals surface area contributed by atoms with Crippen LogP contribution in [0.5, 0.6) is 0 Å². The van der Waals surface area contributed by atoms with Crippen LogP contribution in [0.1, 0.15) is 24.8 Å². The number of hydrogen-bond acceptors (Lipinski definition) is 2. The number of fused-ring (bicyclic) bond motifs is 1. The molecule has 17 heavy (non-hydrogen) atoms. The van der Waals surface area contributed by atoms with Crippen LogP contribution in [-0.2, 0) is 5.41 Å². The lowest BCUT2D eigenvalue weighted by atomic mass is 9.93. The standard InChI is InChI=1S/C13H10FN3/c14-10-3-8(4-11-9(10)5-16-17-11)13(7-15)6-12(13)1-2-12/h3-5H,1-2,6H2,(H,16,17). The predicted molar refractivity (Wildman–Crippen MR) is 59.6 cm³/mol. The third-order valence-electron chi connectivity index (χ3n) is 4.43. The van der Waals surface area contributed by atoms with Crippen molar-refractivity contribution in [3.05, 3.63) is 29.7 Å². The minimum absolute atomic E-state index is 0.169. The number of rotatable bonds is 1. The van der Waals surface area contributed by atoms with Gasteiger partial charge in [-0.2, -0.15) is 10.4 Å². The maximum Gasteiger partial charge on any atom is 0.134 e. The fourth-order valence-corrected chi connectivity index (χ4v) is 3.10. The zero-order valence-electron chi connectivity index (χ0n) is 9.13. The van der Waals surface area contributed by atoms with Gasteiger partial charge in [0, 0.05) is 0 Å². The summed E-state index contributed by atoms with van der Waals surface area (Å²) in [6.07, 6.45) is 4.56. The minimum Gasteiger partial charge on any atom is -0.278 e. The predicted octanol–water partition coefficient (Wildman–Crippen LogP) is 2.65. The van der Waals surface area contributed by atoms with Crippen LogP contribution >= 0.6 is 0 Å². The van der Waals surface area contributed by atoms with Gasteiger partial charge in [-0.15, -0.1) is 0 Å². The second-order valence-electron chi connectivity index (χ2n) is 5.26. The number of H-pyrrole nitrogens is 1. The first kappa shape index (κ1) is 9.17. The first-order valence-electron chi connectivity index (χ1n) is 5.75. The van der Waals surface area contributed by atoms with E-state index in [9.17, 15) is 9.65 Å². The third-order valence-corrected chi connectivity index (χ3v) is 4.43. The smallest absolute Gasteiger partial charge is 0.134 e. The number of nitrogens with one attached hydrogen (secondary N) is 1. The highest BCUT2D eigenvalue weighted by molar-refractivity contribution is 5.80. The molecule has 1 spiro atoms. The molecule has 0 aliphatic heterocycles. The summed E-state index contributed by atoms with van der Waals surface area (Å²) in [5, 5.41) is 16.5. The SMILES string of the molecule is N#CC1(c2cc(F)c3cn[nH]c3c2)CC12CC2. The van der Waals surface area contributed by atoms with Gasteiger partial charge in [-0.3, -0.25) is 5.10 Å². The van der Waals surface area contributed by atoms with Gasteiger partial charge >= 0.3 is 0 Å². The molecule has 1 N–H and O–H groups in total. The Labute approximate surface area is 97.2 Å². The third kappa shape index (κ3) is 0.932. The lowest BCUT2D eigenvalue weighted by Crippen LogP contribution is -2.08. The van der Waals surface area contributed by atoms with E-state index >= 15 is 0 Å². The van der Waals surface area contributed by atoms with Crippen LogP contribution in [0, 0.1) is 22.6 Å². The quantitative estimate of drug-likeness (QED) is 0.814. The van der Waals surface area contributed by atoms with Crippen molar-refractivity contribution in [2.45, 2.75) is 24.7 Å². The molecule has 4 rings (SSSR count). The Kier molecular flexibility index (Phi) is 1.35. The normalized spacial score (nSPS) is 28.2. The lowest BCUT2D eigenvalue weighted by Gasteiger charge is -2.08. The molecule has 2 fully saturated rings. The molecule has 0 saturated heterocycles. The first-order valence-corrected chi connectivity index (χ1v) is 5.75. The number of hydrogen-bond donors (Lipinski definition) is 1. The van der Waals surface area contributed by atoms with Crippen molar-refractivity contribution in [2.75, 3.05) is 0 Å². The van der Waals surface area contributed by atoms with Gasteiger partial charge in [-0.05, 0) is 42.4 Å². The molecule has 2 aliphatic rings. The van der Waals surface area contributed by atoms with Crippen molar-refractivity contribution < 1.29 is 4.39 Å². The number of benzene rings is 1. The fraction of sp³-hybridized carbons (Fsp3) is 0.385. The van der Waals surface area contributed by atoms with E-state index in [1.165, 1.54) is 12.3 Å². The van der Waals surface area contributed by atoms with Crippen molar-refractivity contribution in [1.82, 2.24) is 10.2 Å². The molecule has 2 aromatic rings. The van der Waals surface area contributed by atoms with Gasteiger partial charge in [0.1, 0.15) is 5.82 Å². The van der Waals surface area contributed by atoms with Crippen LogP contribution < -0.4 is 0 Å². The molecule has 0 radical (unpaired) electrons.